The molecule has 3 aliphatic rings. The summed E-state index contributed by atoms with van der Waals surface area (Å²) in [5.41, 5.74) is 19.8. The first kappa shape index (κ1) is 105. The van der Waals surface area contributed by atoms with Gasteiger partial charge in [0.15, 0.2) is 11.6 Å². The van der Waals surface area contributed by atoms with E-state index in [4.69, 9.17) is 21.9 Å². The number of hydrogen-bond donors (Lipinski definition) is 17. The number of ether oxygens (including phenoxy) is 1. The van der Waals surface area contributed by atoms with Crippen molar-refractivity contribution in [1.29, 1.82) is 0 Å². The van der Waals surface area contributed by atoms with Gasteiger partial charge in [0.2, 0.25) is 94.5 Å². The molecule has 6 aromatic rings. The van der Waals surface area contributed by atoms with E-state index in [-0.39, 0.29) is 57.2 Å². The monoisotopic (exact) mass is 1880 g/mol. The lowest BCUT2D eigenvalue weighted by molar-refractivity contribution is -0.150. The number of Topliss-reactive ketones (excluding diaryl/α,β-unsaturated/α-hetero) is 2. The molecule has 134 heavy (non-hydrogen) atoms. The van der Waals surface area contributed by atoms with Crippen LogP contribution in [0.1, 0.15) is 146 Å². The highest BCUT2D eigenvalue weighted by molar-refractivity contribution is 8.00. The number of nitrogens with one attached hydrogen (secondary N) is 11. The van der Waals surface area contributed by atoms with Crippen molar-refractivity contribution in [3.63, 3.8) is 0 Å². The molecule has 6 heterocycles. The predicted molar refractivity (Wildman–Crippen MR) is 489 cm³/mol. The molecule has 3 saturated heterocycles. The van der Waals surface area contributed by atoms with Crippen LogP contribution in [0.2, 0.25) is 0 Å². The highest BCUT2D eigenvalue weighted by atomic mass is 32.2. The quantitative estimate of drug-likeness (QED) is 0.0280. The van der Waals surface area contributed by atoms with Gasteiger partial charge in [0.25, 0.3) is 0 Å². The maximum absolute atomic E-state index is 15.7. The SMILES string of the molecule is CCCC[C@H]1C(=O)N(C)[C@@H](CCCC)C(=O)N[C@@H](C(C)O)C(=O)N[C@H](C(=O)CCC(N)=O)CSCC(=O)N[C@@H](Cc2ccc(OC)cc2)C(=O)N(C)[C@@H](C)C(=O)N[C@@H](CC(N)=O)C(=O)N2CCC[C@H]2C(=O)N[C@@H](Cc2c[nH]cn2)C(=O)N[C@@H](CCC(N)=O)C(=O)N2C[C@H](O)C[C@H]2C(=O)N[C@@H](Cc2c[nH]c3ccccc23)C(=O)C[C@@H](CO)C(=O)N[C@@H](Cc2c[nH]c3ccccc23)C(=O)N1C. The summed E-state index contributed by atoms with van der Waals surface area (Å²) in [5, 5.41) is 56.4. The standard InChI is InChI=1S/C91H124N20O22S/c1-9-11-22-69-83(124)106-79(50(4)113)86(127)105-68(73(115)30-32-76(93)118)46-134-47-78(120)99-65(34-51-25-27-57(133-8)28-26-51)87(128)107(5)49(3)80(121)103-67(40-77(94)119)90(131)110-33-17-24-70(110)84(125)102-64(38-55-43-95-48-98-55)82(123)100-62(29-31-75(92)117)89(130)111-44-56(114)39-72(111)85(126)101-63(35-52-41-96-60-20-15-13-18-58(52)60)74(116)37-54(45-112)81(122)104-66(36-53-42-97-61-21-16-14-19-59(53)61)88(129)109(7)71(23-12-10-2)91(132)108(69)6/h13-16,18-21,25-28,41-43,48-50,54,56,62-72,79,96-97,112-114H,9-12,17,22-24,29-40,44-47H2,1-8H3,(H2,92,117)(H2,93,118)(H2,94,119)(H,95,98)(H,99,120)(H,100,123)(H,101,126)(H,102,125)(H,103,121)(H,104,122)(H,105,127)(H,106,124)/t49-,50?,54-,56+,62-,63-,64-,65-,66-,67-,68-,69-,70-,71-,72-,79-/m0/s1. The van der Waals surface area contributed by atoms with Crippen LogP contribution in [0.4, 0.5) is 0 Å². The fourth-order valence-electron chi connectivity index (χ4n) is 16.7. The van der Waals surface area contributed by atoms with E-state index in [9.17, 15) is 63.3 Å². The Morgan fingerprint density at radius 1 is 0.560 bits per heavy atom. The number of likely N-dealkylation sites (N-methyl/N-ethyl adjacent to an activating group) is 3. The van der Waals surface area contributed by atoms with E-state index in [0.29, 0.717) is 69.9 Å². The van der Waals surface area contributed by atoms with Crippen LogP contribution in [-0.2, 0) is 112 Å². The van der Waals surface area contributed by atoms with Crippen molar-refractivity contribution in [1.82, 2.24) is 87.0 Å². The number of carbonyl (C=O) groups excluding carboxylic acids is 18. The predicted octanol–water partition coefficient (Wildman–Crippen LogP) is -1.97. The van der Waals surface area contributed by atoms with E-state index < -0.39 is 279 Å². The molecule has 20 N–H and O–H groups in total. The Kier molecular flexibility index (Phi) is 38.6. The van der Waals surface area contributed by atoms with Gasteiger partial charge in [0.1, 0.15) is 72.2 Å². The molecule has 16 atom stereocenters. The molecule has 0 saturated carbocycles. The van der Waals surface area contributed by atoms with Crippen molar-refractivity contribution in [2.75, 3.05) is 59.5 Å². The zero-order valence-electron chi connectivity index (χ0n) is 76.4. The second-order valence-electron chi connectivity index (χ2n) is 34.3. The molecular weight excluding hydrogens is 1760 g/mol. The maximum atomic E-state index is 15.7. The summed E-state index contributed by atoms with van der Waals surface area (Å²) in [7, 11) is 5.30. The number of fused-ring (bicyclic) bond motifs is 4. The zero-order chi connectivity index (χ0) is 97.9. The third kappa shape index (κ3) is 28.2. The Bertz CT molecular complexity index is 5200. The molecule has 0 radical (unpaired) electrons. The normalized spacial score (nSPS) is 25.2. The molecule has 3 aromatic carbocycles. The summed E-state index contributed by atoms with van der Waals surface area (Å²) in [4.78, 5) is 281. The number of aromatic amines is 3. The number of methoxy groups -OCH3 is 1. The second kappa shape index (κ2) is 49.5. The van der Waals surface area contributed by atoms with Crippen molar-refractivity contribution in [3.05, 3.63) is 120 Å². The van der Waals surface area contributed by atoms with Crippen molar-refractivity contribution in [2.45, 2.75) is 240 Å². The first-order valence-electron chi connectivity index (χ1n) is 44.8. The van der Waals surface area contributed by atoms with Gasteiger partial charge in [-0.05, 0) is 86.9 Å². The molecule has 1 unspecified atom stereocenters. The molecule has 0 aliphatic carbocycles. The Balaban J connectivity index is 1.10. The van der Waals surface area contributed by atoms with Gasteiger partial charge in [-0.1, -0.05) is 88.1 Å². The van der Waals surface area contributed by atoms with Crippen LogP contribution in [-0.4, -0.2) is 316 Å². The summed E-state index contributed by atoms with van der Waals surface area (Å²) in [6.07, 6.45) is -1.05. The number of aliphatic hydroxyl groups is 3. The maximum Gasteiger partial charge on any atom is 0.246 e. The van der Waals surface area contributed by atoms with Crippen molar-refractivity contribution in [2.24, 2.45) is 23.1 Å². The van der Waals surface area contributed by atoms with Gasteiger partial charge in [0.05, 0.1) is 68.1 Å². The first-order chi connectivity index (χ1) is 63.8. The van der Waals surface area contributed by atoms with Gasteiger partial charge in [-0.2, -0.15) is 0 Å². The number of benzene rings is 3. The van der Waals surface area contributed by atoms with E-state index in [2.05, 4.69) is 62.5 Å². The minimum absolute atomic E-state index is 0.0170. The number of para-hydroxylation sites is 2. The molecule has 726 valence electrons. The summed E-state index contributed by atoms with van der Waals surface area (Å²) >= 11 is 0.779. The van der Waals surface area contributed by atoms with Crippen LogP contribution in [0.3, 0.4) is 0 Å². The number of nitrogens with two attached hydrogens (primary N) is 3. The number of imidazole rings is 1. The number of primary amides is 3. The van der Waals surface area contributed by atoms with Crippen molar-refractivity contribution >= 4 is 140 Å². The lowest BCUT2D eigenvalue weighted by Gasteiger charge is -2.36. The number of H-pyrrole nitrogens is 3. The zero-order valence-corrected chi connectivity index (χ0v) is 77.2. The number of carbonyl (C=O) groups is 18. The van der Waals surface area contributed by atoms with Crippen molar-refractivity contribution in [3.8, 4) is 5.75 Å². The number of thioether (sulfide) groups is 1. The Morgan fingerprint density at radius 2 is 1.13 bits per heavy atom. The van der Waals surface area contributed by atoms with Gasteiger partial charge >= 0.3 is 0 Å². The van der Waals surface area contributed by atoms with Gasteiger partial charge in [0, 0.05) is 138 Å². The molecule has 0 spiro atoms. The molecular formula is C91H124N20O22S. The summed E-state index contributed by atoms with van der Waals surface area (Å²) in [6, 6.07) is -0.308. The van der Waals surface area contributed by atoms with Crippen molar-refractivity contribution < 1.29 is 106 Å². The fraction of sp³-hybridized carbons (Fsp3) is 0.527. The Labute approximate surface area is 778 Å². The largest absolute Gasteiger partial charge is 0.497 e. The minimum atomic E-state index is -1.87. The molecule has 43 heteroatoms. The highest BCUT2D eigenvalue weighted by Gasteiger charge is 2.47. The number of ketones is 2. The number of amides is 16. The number of hydrogen-bond acceptors (Lipinski definition) is 24. The van der Waals surface area contributed by atoms with Crippen LogP contribution in [0.15, 0.2) is 97.7 Å². The smallest absolute Gasteiger partial charge is 0.246 e. The Morgan fingerprint density at radius 3 is 1.72 bits per heavy atom. The average Bonchev–Trinajstić information content (AvgIpc) is 1.66. The molecule has 42 nitrogen and oxygen atoms in total. The lowest BCUT2D eigenvalue weighted by atomic mass is 9.93. The average molecular weight is 1880 g/mol. The molecule has 0 bridgehead atoms. The van der Waals surface area contributed by atoms with Crippen LogP contribution in [0, 0.1) is 5.92 Å². The molecule has 16 amide bonds. The Hall–Kier alpha value is -13.2. The van der Waals surface area contributed by atoms with Gasteiger partial charge in [-0.15, -0.1) is 11.8 Å². The molecule has 3 fully saturated rings. The minimum Gasteiger partial charge on any atom is -0.497 e. The summed E-state index contributed by atoms with van der Waals surface area (Å²) < 4.78 is 5.33. The second-order valence-corrected chi connectivity index (χ2v) is 35.3. The van der Waals surface area contributed by atoms with E-state index in [0.717, 1.165) is 36.3 Å². The molecule has 3 aromatic heterocycles. The fourth-order valence-corrected chi connectivity index (χ4v) is 17.6. The third-order valence-electron chi connectivity index (χ3n) is 24.5. The van der Waals surface area contributed by atoms with Gasteiger partial charge in [-0.3, -0.25) is 86.3 Å². The van der Waals surface area contributed by atoms with E-state index in [1.807, 2.05) is 13.8 Å². The summed E-state index contributed by atoms with van der Waals surface area (Å²) in [6.45, 7) is 4.36. The van der Waals surface area contributed by atoms with E-state index in [1.54, 1.807) is 85.2 Å². The molecule has 9 rings (SSSR count). The first-order valence-corrected chi connectivity index (χ1v) is 46.0. The van der Waals surface area contributed by atoms with E-state index >= 15 is 38.4 Å². The number of rotatable bonds is 26. The topological polar surface area (TPSA) is 628 Å². The third-order valence-corrected chi connectivity index (χ3v) is 25.5. The van der Waals surface area contributed by atoms with Gasteiger partial charge < -0.3 is 119 Å². The van der Waals surface area contributed by atoms with Crippen LogP contribution in [0.5, 0.6) is 5.75 Å². The van der Waals surface area contributed by atoms with Crippen LogP contribution >= 0.6 is 11.8 Å². The number of nitrogens with zero attached hydrogens (tertiary/aromatic N) is 6. The number of unbranched alkanes of at least 4 members (excludes halogenated alkanes) is 2. The number of aliphatic hydroxyl groups excluding tert-OH is 3. The summed E-state index contributed by atoms with van der Waals surface area (Å²) in [5.74, 6) is -19.3. The van der Waals surface area contributed by atoms with Gasteiger partial charge in [-0.25, -0.2) is 4.98 Å². The van der Waals surface area contributed by atoms with E-state index in [1.165, 1.54) is 54.6 Å². The molecule has 3 aliphatic heterocycles. The van der Waals surface area contributed by atoms with Crippen LogP contribution in [0.25, 0.3) is 21.8 Å². The number of aromatic nitrogens is 4. The highest BCUT2D eigenvalue weighted by Crippen LogP contribution is 2.29. The lowest BCUT2D eigenvalue weighted by Crippen LogP contribution is -2.61. The van der Waals surface area contributed by atoms with Crippen LogP contribution < -0.4 is 64.5 Å².